The molecule has 0 aliphatic rings. The molecule has 2 aromatic rings. The summed E-state index contributed by atoms with van der Waals surface area (Å²) in [6.45, 7) is 0.172. The van der Waals surface area contributed by atoms with Crippen molar-refractivity contribution >= 4 is 23.3 Å². The second-order valence-corrected chi connectivity index (χ2v) is 5.45. The molecule has 1 N–H and O–H groups in total. The minimum absolute atomic E-state index is 0.0969. The summed E-state index contributed by atoms with van der Waals surface area (Å²) in [5, 5.41) is 3.18. The minimum Gasteiger partial charge on any atom is -0.345 e. The number of carbonyl (C=O) groups excluding carboxylic acids is 2. The summed E-state index contributed by atoms with van der Waals surface area (Å²) in [5.74, 6) is 4.91. The fourth-order valence-corrected chi connectivity index (χ4v) is 2.04. The summed E-state index contributed by atoms with van der Waals surface area (Å²) in [4.78, 5) is 23.6. The van der Waals surface area contributed by atoms with Crippen molar-refractivity contribution in [3.63, 3.8) is 0 Å². The van der Waals surface area contributed by atoms with E-state index >= 15 is 0 Å². The first kappa shape index (κ1) is 17.7. The van der Waals surface area contributed by atoms with Gasteiger partial charge in [0.15, 0.2) is 5.78 Å². The van der Waals surface area contributed by atoms with E-state index in [-0.39, 0.29) is 36.9 Å². The van der Waals surface area contributed by atoms with Gasteiger partial charge in [-0.25, -0.2) is 4.39 Å². The van der Waals surface area contributed by atoms with Gasteiger partial charge < -0.3 is 5.32 Å². The molecule has 0 fully saturated rings. The van der Waals surface area contributed by atoms with Gasteiger partial charge in [0.2, 0.25) is 5.91 Å². The Morgan fingerprint density at radius 3 is 2.33 bits per heavy atom. The number of Topliss-reactive ketones (excluding diaryl/α,β-unsaturated/α-hetero) is 1. The molecule has 0 saturated carbocycles. The Balaban J connectivity index is 1.73. The van der Waals surface area contributed by atoms with Crippen LogP contribution in [0.5, 0.6) is 0 Å². The van der Waals surface area contributed by atoms with Crippen molar-refractivity contribution < 1.29 is 14.0 Å². The fraction of sp³-hybridized carbons (Fsp3) is 0.158. The largest absolute Gasteiger partial charge is 0.345 e. The average molecular weight is 344 g/mol. The summed E-state index contributed by atoms with van der Waals surface area (Å²) in [5.41, 5.74) is 1.20. The minimum atomic E-state index is -0.320. The van der Waals surface area contributed by atoms with E-state index in [1.54, 1.807) is 36.4 Å². The molecule has 122 valence electrons. The zero-order valence-corrected chi connectivity index (χ0v) is 13.6. The van der Waals surface area contributed by atoms with Crippen LogP contribution in [0.1, 0.15) is 28.8 Å². The third-order valence-electron chi connectivity index (χ3n) is 3.20. The molecule has 1 amide bonds. The third-order valence-corrected chi connectivity index (χ3v) is 3.45. The van der Waals surface area contributed by atoms with Gasteiger partial charge in [-0.15, -0.1) is 0 Å². The van der Waals surface area contributed by atoms with Crippen LogP contribution in [0.4, 0.5) is 4.39 Å². The van der Waals surface area contributed by atoms with Gasteiger partial charge in [-0.05, 0) is 48.5 Å². The van der Waals surface area contributed by atoms with Gasteiger partial charge in [0.1, 0.15) is 5.82 Å². The van der Waals surface area contributed by atoms with Crippen LogP contribution in [0.15, 0.2) is 48.5 Å². The first-order valence-corrected chi connectivity index (χ1v) is 7.72. The number of halogens is 2. The number of amides is 1. The van der Waals surface area contributed by atoms with Crippen LogP contribution in [0.2, 0.25) is 5.02 Å². The molecule has 0 heterocycles. The van der Waals surface area contributed by atoms with E-state index in [1.165, 1.54) is 12.1 Å². The van der Waals surface area contributed by atoms with E-state index in [4.69, 9.17) is 11.6 Å². The Morgan fingerprint density at radius 1 is 1.00 bits per heavy atom. The van der Waals surface area contributed by atoms with E-state index in [0.29, 0.717) is 16.1 Å². The van der Waals surface area contributed by atoms with Crippen LogP contribution in [0, 0.1) is 17.7 Å². The molecule has 0 saturated heterocycles. The van der Waals surface area contributed by atoms with Crippen LogP contribution in [-0.2, 0) is 4.79 Å². The highest BCUT2D eigenvalue weighted by Gasteiger charge is 2.08. The molecule has 0 unspecified atom stereocenters. The molecule has 3 nitrogen and oxygen atoms in total. The number of rotatable bonds is 5. The van der Waals surface area contributed by atoms with Crippen LogP contribution >= 0.6 is 11.6 Å². The molecule has 0 atom stereocenters. The maximum atomic E-state index is 12.7. The van der Waals surface area contributed by atoms with Crippen molar-refractivity contribution in [2.24, 2.45) is 0 Å². The first-order valence-electron chi connectivity index (χ1n) is 7.34. The maximum Gasteiger partial charge on any atom is 0.221 e. The normalized spacial score (nSPS) is 9.75. The van der Waals surface area contributed by atoms with Gasteiger partial charge in [0.25, 0.3) is 0 Å². The lowest BCUT2D eigenvalue weighted by atomic mass is 10.1. The van der Waals surface area contributed by atoms with Gasteiger partial charge in [-0.3, -0.25) is 9.59 Å². The number of hydrogen-bond acceptors (Lipinski definition) is 2. The van der Waals surface area contributed by atoms with Gasteiger partial charge in [0.05, 0.1) is 6.54 Å². The van der Waals surface area contributed by atoms with E-state index in [2.05, 4.69) is 17.2 Å². The molecule has 0 bridgehead atoms. The van der Waals surface area contributed by atoms with Crippen LogP contribution < -0.4 is 5.32 Å². The topological polar surface area (TPSA) is 46.2 Å². The Kier molecular flexibility index (Phi) is 6.53. The summed E-state index contributed by atoms with van der Waals surface area (Å²) in [7, 11) is 0. The highest BCUT2D eigenvalue weighted by molar-refractivity contribution is 6.30. The second-order valence-electron chi connectivity index (χ2n) is 5.02. The molecule has 0 aliphatic carbocycles. The molecule has 24 heavy (non-hydrogen) atoms. The Bertz CT molecular complexity index is 774. The van der Waals surface area contributed by atoms with Crippen molar-refractivity contribution in [1.82, 2.24) is 5.32 Å². The zero-order chi connectivity index (χ0) is 17.4. The highest BCUT2D eigenvalue weighted by atomic mass is 35.5. The van der Waals surface area contributed by atoms with Crippen molar-refractivity contribution in [2.75, 3.05) is 6.54 Å². The molecular weight excluding hydrogens is 329 g/mol. The number of ketones is 1. The molecule has 0 aliphatic heterocycles. The second kappa shape index (κ2) is 8.85. The quantitative estimate of drug-likeness (QED) is 0.666. The van der Waals surface area contributed by atoms with Crippen molar-refractivity contribution in [3.05, 3.63) is 70.5 Å². The number of nitrogens with one attached hydrogen (secondary N) is 1. The van der Waals surface area contributed by atoms with Gasteiger partial charge in [0, 0.05) is 29.0 Å². The standard InChI is InChI=1S/C19H15ClFNO2/c20-16-7-5-15(6-8-16)18(23)11-12-19(24)22-13-1-2-14-3-9-17(21)10-4-14/h3-10H,11-13H2,(H,22,24). The lowest BCUT2D eigenvalue weighted by Gasteiger charge is -2.02. The lowest BCUT2D eigenvalue weighted by Crippen LogP contribution is -2.24. The van der Waals surface area contributed by atoms with E-state index < -0.39 is 0 Å². The number of hydrogen-bond donors (Lipinski definition) is 1. The van der Waals surface area contributed by atoms with Crippen LogP contribution in [0.25, 0.3) is 0 Å². The fourth-order valence-electron chi connectivity index (χ4n) is 1.92. The third kappa shape index (κ3) is 5.86. The van der Waals surface area contributed by atoms with Crippen molar-refractivity contribution in [3.8, 4) is 11.8 Å². The first-order chi connectivity index (χ1) is 11.5. The summed E-state index contributed by atoms with van der Waals surface area (Å²) in [6.07, 6.45) is 0.221. The van der Waals surface area contributed by atoms with Crippen molar-refractivity contribution in [2.45, 2.75) is 12.8 Å². The molecule has 0 spiro atoms. The smallest absolute Gasteiger partial charge is 0.221 e. The van der Waals surface area contributed by atoms with Gasteiger partial charge in [-0.1, -0.05) is 23.4 Å². The SMILES string of the molecule is O=C(CCC(=O)c1ccc(Cl)cc1)NCC#Cc1ccc(F)cc1. The van der Waals surface area contributed by atoms with E-state index in [0.717, 1.165) is 0 Å². The van der Waals surface area contributed by atoms with Gasteiger partial charge >= 0.3 is 0 Å². The van der Waals surface area contributed by atoms with E-state index in [1.807, 2.05) is 0 Å². The summed E-state index contributed by atoms with van der Waals surface area (Å²) >= 11 is 5.76. The monoisotopic (exact) mass is 343 g/mol. The molecule has 0 aromatic heterocycles. The molecular formula is C19H15ClFNO2. The molecule has 2 aromatic carbocycles. The molecule has 5 heteroatoms. The van der Waals surface area contributed by atoms with Crippen molar-refractivity contribution in [1.29, 1.82) is 0 Å². The van der Waals surface area contributed by atoms with Crippen LogP contribution in [-0.4, -0.2) is 18.2 Å². The maximum absolute atomic E-state index is 12.7. The average Bonchev–Trinajstić information content (AvgIpc) is 2.59. The Hall–Kier alpha value is -2.64. The number of carbonyl (C=O) groups is 2. The Morgan fingerprint density at radius 2 is 1.67 bits per heavy atom. The predicted octanol–water partition coefficient (Wildman–Crippen LogP) is 3.61. The summed E-state index contributed by atoms with van der Waals surface area (Å²) < 4.78 is 12.7. The molecule has 0 radical (unpaired) electrons. The predicted molar refractivity (Wildman–Crippen MR) is 91.3 cm³/mol. The lowest BCUT2D eigenvalue weighted by molar-refractivity contribution is -0.120. The summed E-state index contributed by atoms with van der Waals surface area (Å²) in [6, 6.07) is 12.3. The Labute approximate surface area is 144 Å². The number of benzene rings is 2. The van der Waals surface area contributed by atoms with Crippen LogP contribution in [0.3, 0.4) is 0 Å². The highest BCUT2D eigenvalue weighted by Crippen LogP contribution is 2.11. The van der Waals surface area contributed by atoms with E-state index in [9.17, 15) is 14.0 Å². The van der Waals surface area contributed by atoms with Gasteiger partial charge in [-0.2, -0.15) is 0 Å². The molecule has 2 rings (SSSR count). The zero-order valence-electron chi connectivity index (χ0n) is 12.8.